The summed E-state index contributed by atoms with van der Waals surface area (Å²) in [5.41, 5.74) is 4.53. The molecule has 3 aromatic rings. The van der Waals surface area contributed by atoms with Crippen molar-refractivity contribution in [3.63, 3.8) is 0 Å². The lowest BCUT2D eigenvalue weighted by atomic mass is 9.85. The Morgan fingerprint density at radius 1 is 1.10 bits per heavy atom. The predicted molar refractivity (Wildman–Crippen MR) is 148 cm³/mol. The Balaban J connectivity index is 1.43. The summed E-state index contributed by atoms with van der Waals surface area (Å²) in [4.78, 5) is 35.1. The first kappa shape index (κ1) is 29.7. The summed E-state index contributed by atoms with van der Waals surface area (Å²) in [6.07, 6.45) is 1.43. The summed E-state index contributed by atoms with van der Waals surface area (Å²) in [6, 6.07) is 11.0. The molecule has 0 saturated carbocycles. The summed E-state index contributed by atoms with van der Waals surface area (Å²) in [5.74, 6) is 0. The Labute approximate surface area is 232 Å². The Morgan fingerprint density at radius 2 is 1.82 bits per heavy atom. The van der Waals surface area contributed by atoms with Gasteiger partial charge in [-0.05, 0) is 60.9 Å². The average Bonchev–Trinajstić information content (AvgIpc) is 3.54. The Hall–Kier alpha value is -3.28. The van der Waals surface area contributed by atoms with Crippen LogP contribution in [-0.2, 0) is 40.3 Å². The number of rotatable bonds is 10. The lowest BCUT2D eigenvalue weighted by Gasteiger charge is -2.21. The molecule has 40 heavy (non-hydrogen) atoms. The van der Waals surface area contributed by atoms with Crippen LogP contribution < -0.4 is 10.6 Å². The highest BCUT2D eigenvalue weighted by molar-refractivity contribution is 7.53. The summed E-state index contributed by atoms with van der Waals surface area (Å²) in [6.45, 7) is 9.96. The lowest BCUT2D eigenvalue weighted by Crippen LogP contribution is -2.31. The Bertz CT molecular complexity index is 1410. The third-order valence-corrected chi connectivity index (χ3v) is 7.45. The van der Waals surface area contributed by atoms with E-state index in [1.165, 1.54) is 17.3 Å². The van der Waals surface area contributed by atoms with Crippen molar-refractivity contribution >= 4 is 36.3 Å². The zero-order valence-corrected chi connectivity index (χ0v) is 24.2. The number of fused-ring (bicyclic) bond motifs is 2. The van der Waals surface area contributed by atoms with Crippen LogP contribution in [0, 0.1) is 0 Å². The van der Waals surface area contributed by atoms with Crippen LogP contribution in [-0.4, -0.2) is 41.5 Å². The molecule has 0 bridgehead atoms. The van der Waals surface area contributed by atoms with E-state index < -0.39 is 20.0 Å². The van der Waals surface area contributed by atoms with Crippen molar-refractivity contribution < 1.29 is 38.0 Å². The fourth-order valence-corrected chi connectivity index (χ4v) is 5.28. The van der Waals surface area contributed by atoms with Crippen molar-refractivity contribution in [2.45, 2.75) is 58.9 Å². The van der Waals surface area contributed by atoms with Gasteiger partial charge in [-0.2, -0.15) is 9.78 Å². The lowest BCUT2D eigenvalue weighted by molar-refractivity contribution is -0.265. The molecule has 216 valence electrons. The van der Waals surface area contributed by atoms with Crippen LogP contribution in [0.25, 0.3) is 10.9 Å². The summed E-state index contributed by atoms with van der Waals surface area (Å²) in [7, 11) is -4.04. The molecule has 0 aliphatic heterocycles. The Morgan fingerprint density at radius 3 is 2.50 bits per heavy atom. The van der Waals surface area contributed by atoms with E-state index in [2.05, 4.69) is 54.7 Å². The van der Waals surface area contributed by atoms with Crippen molar-refractivity contribution in [1.29, 1.82) is 0 Å². The van der Waals surface area contributed by atoms with Gasteiger partial charge in [-0.1, -0.05) is 45.0 Å². The van der Waals surface area contributed by atoms with Gasteiger partial charge >= 0.3 is 19.7 Å². The van der Waals surface area contributed by atoms with Gasteiger partial charge in [0.2, 0.25) is 0 Å². The van der Waals surface area contributed by atoms with E-state index in [1.807, 2.05) is 0 Å². The van der Waals surface area contributed by atoms with E-state index in [0.717, 1.165) is 23.1 Å². The molecule has 1 heterocycles. The summed E-state index contributed by atoms with van der Waals surface area (Å²) >= 11 is 0. The molecular weight excluding hydrogens is 539 g/mol. The van der Waals surface area contributed by atoms with Crippen molar-refractivity contribution in [1.82, 2.24) is 15.1 Å². The molecule has 1 aromatic heterocycles. The number of hydrogen-bond donors (Lipinski definition) is 2. The van der Waals surface area contributed by atoms with Crippen molar-refractivity contribution in [2.24, 2.45) is 0 Å². The smallest absolute Gasteiger partial charge is 0.435 e. The number of carbonyl (C=O) groups is 2. The minimum absolute atomic E-state index is 0.0572. The van der Waals surface area contributed by atoms with E-state index in [9.17, 15) is 14.2 Å². The minimum Gasteiger partial charge on any atom is -0.435 e. The third kappa shape index (κ3) is 6.89. The molecule has 2 amide bonds. The zero-order valence-electron chi connectivity index (χ0n) is 23.3. The molecule has 13 heteroatoms. The third-order valence-electron chi connectivity index (χ3n) is 6.34. The highest BCUT2D eigenvalue weighted by Crippen LogP contribution is 2.48. The maximum absolute atomic E-state index is 13.0. The quantitative estimate of drug-likeness (QED) is 0.164. The topological polar surface area (TPSA) is 139 Å². The highest BCUT2D eigenvalue weighted by Gasteiger charge is 2.31. The van der Waals surface area contributed by atoms with E-state index in [1.54, 1.807) is 32.0 Å². The largest absolute Gasteiger partial charge is 0.435 e. The molecule has 1 aliphatic rings. The maximum atomic E-state index is 13.0. The van der Waals surface area contributed by atoms with E-state index in [-0.39, 0.29) is 30.7 Å². The molecule has 0 unspecified atom stereocenters. The van der Waals surface area contributed by atoms with Gasteiger partial charge in [-0.3, -0.25) is 4.57 Å². The molecule has 4 rings (SSSR count). The van der Waals surface area contributed by atoms with E-state index in [0.29, 0.717) is 16.6 Å². The van der Waals surface area contributed by atoms with Gasteiger partial charge in [0.15, 0.2) is 6.35 Å². The normalized spacial score (nSPS) is 15.2. The Kier molecular flexibility index (Phi) is 9.27. The number of amides is 2. The van der Waals surface area contributed by atoms with Crippen LogP contribution in [0.1, 0.15) is 63.8 Å². The number of nitrogens with zero attached hydrogens (tertiary/aromatic N) is 2. The fraction of sp³-hybridized carbons (Fsp3) is 0.444. The van der Waals surface area contributed by atoms with Gasteiger partial charge < -0.3 is 15.4 Å². The SMILES string of the molecule is CCOOP(=O)(COC(=O)n1ncc2c(NC(=O)N[C@@H]3CCc4cc(C(C)(C)C)ccc43)cccc21)OOCC. The number of benzene rings is 2. The molecule has 12 nitrogen and oxygen atoms in total. The molecule has 0 saturated heterocycles. The fourth-order valence-electron chi connectivity index (χ4n) is 4.37. The predicted octanol–water partition coefficient (Wildman–Crippen LogP) is 6.21. The summed E-state index contributed by atoms with van der Waals surface area (Å²) in [5, 5.41) is 10.5. The molecule has 0 fully saturated rings. The number of aryl methyl sites for hydroxylation is 1. The van der Waals surface area contributed by atoms with Gasteiger partial charge in [0.1, 0.15) is 0 Å². The average molecular weight is 575 g/mol. The first-order valence-corrected chi connectivity index (χ1v) is 14.8. The molecule has 2 aromatic carbocycles. The summed E-state index contributed by atoms with van der Waals surface area (Å²) < 4.78 is 28.2. The van der Waals surface area contributed by atoms with E-state index in [4.69, 9.17) is 23.9 Å². The van der Waals surface area contributed by atoms with Gasteiger partial charge in [0.25, 0.3) is 0 Å². The highest BCUT2D eigenvalue weighted by atomic mass is 31.2. The number of ether oxygens (including phenoxy) is 1. The van der Waals surface area contributed by atoms with Crippen molar-refractivity contribution in [3.8, 4) is 0 Å². The second kappa shape index (κ2) is 12.5. The van der Waals surface area contributed by atoms with Crippen LogP contribution in [0.4, 0.5) is 15.3 Å². The van der Waals surface area contributed by atoms with Gasteiger partial charge in [-0.15, -0.1) is 9.35 Å². The first-order valence-electron chi connectivity index (χ1n) is 13.1. The molecule has 0 spiro atoms. The second-order valence-electron chi connectivity index (χ2n) is 10.3. The van der Waals surface area contributed by atoms with Crippen LogP contribution in [0.2, 0.25) is 0 Å². The number of anilines is 1. The molecular formula is C27H35N4O8P. The van der Waals surface area contributed by atoms with Crippen molar-refractivity contribution in [3.05, 3.63) is 59.3 Å². The second-order valence-corrected chi connectivity index (χ2v) is 12.0. The number of hydrogen-bond acceptors (Lipinski definition) is 9. The molecule has 1 aliphatic carbocycles. The monoisotopic (exact) mass is 574 g/mol. The van der Waals surface area contributed by atoms with Crippen molar-refractivity contribution in [2.75, 3.05) is 24.9 Å². The standard InChI is InChI=1S/C27H35N4O8P/c1-6-36-38-40(34,39-37-7-2)17-35-26(33)31-24-10-8-9-22(21(24)16-28-31)29-25(32)30-23-14-11-18-15-19(27(3,4)5)12-13-20(18)23/h8-10,12-13,15-16,23H,6-7,11,14,17H2,1-5H3,(H2,29,30,32)/t23-/m1/s1. The molecule has 1 atom stereocenters. The maximum Gasteiger partial charge on any atom is 0.435 e. The van der Waals surface area contributed by atoms with Crippen LogP contribution >= 0.6 is 7.60 Å². The number of aromatic nitrogens is 2. The minimum atomic E-state index is -4.04. The van der Waals surface area contributed by atoms with Crippen LogP contribution in [0.5, 0.6) is 0 Å². The van der Waals surface area contributed by atoms with Gasteiger partial charge in [-0.25, -0.2) is 19.4 Å². The molecule has 2 N–H and O–H groups in total. The number of urea groups is 1. The zero-order chi connectivity index (χ0) is 28.9. The number of carbonyl (C=O) groups excluding carboxylic acids is 2. The first-order chi connectivity index (χ1) is 19.0. The number of nitrogens with one attached hydrogen (secondary N) is 2. The van der Waals surface area contributed by atoms with E-state index >= 15 is 0 Å². The van der Waals surface area contributed by atoms with Gasteiger partial charge in [0, 0.05) is 5.39 Å². The molecule has 0 radical (unpaired) electrons. The van der Waals surface area contributed by atoms with Crippen LogP contribution in [0.15, 0.2) is 42.6 Å². The van der Waals surface area contributed by atoms with Crippen LogP contribution in [0.3, 0.4) is 0 Å². The van der Waals surface area contributed by atoms with Gasteiger partial charge in [0.05, 0.1) is 36.7 Å².